The summed E-state index contributed by atoms with van der Waals surface area (Å²) in [6.07, 6.45) is 3.94. The third-order valence-corrected chi connectivity index (χ3v) is 12.1. The van der Waals surface area contributed by atoms with Crippen LogP contribution in [0.3, 0.4) is 0 Å². The SMILES string of the molecule is Cc1cnc(N2CC3(CCOCC3)C2)c(C(=O)Nc2ccc(C(=O)N3CCc4c(sc(C(=O)Cc5c(F)cccc5F)c4C)-c4ccccc43)cc2)c1. The molecule has 1 N–H and O–H groups in total. The summed E-state index contributed by atoms with van der Waals surface area (Å²) in [5, 5.41) is 3.00. The Balaban J connectivity index is 0.991. The molecule has 3 aliphatic heterocycles. The molecule has 3 aromatic carbocycles. The van der Waals surface area contributed by atoms with E-state index < -0.39 is 11.6 Å². The van der Waals surface area contributed by atoms with E-state index in [1.54, 1.807) is 35.4 Å². The number of nitrogens with one attached hydrogen (secondary N) is 1. The minimum Gasteiger partial charge on any atom is -0.381 e. The van der Waals surface area contributed by atoms with Crippen molar-refractivity contribution in [3.05, 3.63) is 129 Å². The summed E-state index contributed by atoms with van der Waals surface area (Å²) < 4.78 is 34.3. The van der Waals surface area contributed by atoms with Crippen LogP contribution in [0.15, 0.2) is 79.0 Å². The van der Waals surface area contributed by atoms with Crippen molar-refractivity contribution >= 4 is 46.1 Å². The Morgan fingerprint density at radius 2 is 1.66 bits per heavy atom. The number of carbonyl (C=O) groups is 3. The van der Waals surface area contributed by atoms with Crippen LogP contribution >= 0.6 is 11.3 Å². The average molecular weight is 733 g/mol. The van der Waals surface area contributed by atoms with E-state index in [0.29, 0.717) is 46.2 Å². The molecule has 8 nitrogen and oxygen atoms in total. The zero-order valence-corrected chi connectivity index (χ0v) is 30.3. The molecule has 11 heteroatoms. The molecule has 0 aliphatic carbocycles. The summed E-state index contributed by atoms with van der Waals surface area (Å²) in [7, 11) is 0. The number of aryl methyl sites for hydroxylation is 1. The Morgan fingerprint density at radius 3 is 2.40 bits per heavy atom. The van der Waals surface area contributed by atoms with Gasteiger partial charge in [0, 0.05) is 78.1 Å². The average Bonchev–Trinajstić information content (AvgIpc) is 3.38. The maximum absolute atomic E-state index is 14.4. The van der Waals surface area contributed by atoms with Gasteiger partial charge in [-0.05, 0) is 98.3 Å². The number of hydrogen-bond donors (Lipinski definition) is 1. The number of anilines is 3. The van der Waals surface area contributed by atoms with Gasteiger partial charge >= 0.3 is 0 Å². The van der Waals surface area contributed by atoms with Crippen LogP contribution in [0.25, 0.3) is 10.4 Å². The van der Waals surface area contributed by atoms with Gasteiger partial charge in [-0.2, -0.15) is 0 Å². The standard InChI is InChI=1S/C42H38F2N4O4S/c1-25-20-32(39(45-22-25)47-23-42(24-47)15-18-52-19-16-42)40(50)46-28-12-10-27(11-13-28)41(51)48-17-14-29-26(2)37(53-38(29)30-6-3-4-9-35(30)48)36(49)21-31-33(43)7-5-8-34(31)44/h3-13,20,22H,14-19,21,23-24H2,1-2H3,(H,46,50). The van der Waals surface area contributed by atoms with E-state index in [0.717, 1.165) is 78.4 Å². The molecule has 0 bridgehead atoms. The van der Waals surface area contributed by atoms with Gasteiger partial charge in [-0.3, -0.25) is 14.4 Å². The molecule has 2 fully saturated rings. The Bertz CT molecular complexity index is 2240. The van der Waals surface area contributed by atoms with E-state index in [1.807, 2.05) is 44.2 Å². The lowest BCUT2D eigenvalue weighted by atomic mass is 9.73. The molecule has 53 heavy (non-hydrogen) atoms. The van der Waals surface area contributed by atoms with Gasteiger partial charge in [-0.1, -0.05) is 24.3 Å². The van der Waals surface area contributed by atoms with Crippen molar-refractivity contribution in [2.45, 2.75) is 39.5 Å². The van der Waals surface area contributed by atoms with Crippen molar-refractivity contribution in [1.29, 1.82) is 0 Å². The number of thiophene rings is 1. The van der Waals surface area contributed by atoms with Gasteiger partial charge in [0.25, 0.3) is 11.8 Å². The fourth-order valence-corrected chi connectivity index (χ4v) is 9.12. The highest BCUT2D eigenvalue weighted by molar-refractivity contribution is 7.18. The van der Waals surface area contributed by atoms with Crippen molar-refractivity contribution in [2.75, 3.05) is 48.0 Å². The Kier molecular flexibility index (Phi) is 9.16. The van der Waals surface area contributed by atoms with Crippen LogP contribution in [0.1, 0.15) is 65.5 Å². The number of fused-ring (bicyclic) bond motifs is 3. The number of aromatic nitrogens is 1. The smallest absolute Gasteiger partial charge is 0.259 e. The number of rotatable bonds is 7. The van der Waals surface area contributed by atoms with E-state index in [1.165, 1.54) is 17.4 Å². The first-order valence-corrected chi connectivity index (χ1v) is 18.6. The molecule has 0 radical (unpaired) electrons. The number of pyridine rings is 1. The minimum absolute atomic E-state index is 0.195. The van der Waals surface area contributed by atoms with E-state index in [9.17, 15) is 23.2 Å². The molecule has 2 aromatic heterocycles. The van der Waals surface area contributed by atoms with Crippen molar-refractivity contribution in [3.63, 3.8) is 0 Å². The highest BCUT2D eigenvalue weighted by Crippen LogP contribution is 2.45. The molecule has 2 amide bonds. The van der Waals surface area contributed by atoms with E-state index in [-0.39, 0.29) is 35.0 Å². The van der Waals surface area contributed by atoms with Gasteiger partial charge in [0.15, 0.2) is 5.78 Å². The van der Waals surface area contributed by atoms with Crippen molar-refractivity contribution in [2.24, 2.45) is 5.41 Å². The Labute approximate surface area is 310 Å². The maximum atomic E-state index is 14.4. The highest BCUT2D eigenvalue weighted by Gasteiger charge is 2.45. The maximum Gasteiger partial charge on any atom is 0.259 e. The summed E-state index contributed by atoms with van der Waals surface area (Å²) in [6.45, 7) is 7.39. The van der Waals surface area contributed by atoms with Gasteiger partial charge in [-0.25, -0.2) is 13.8 Å². The molecule has 3 aliphatic rings. The molecular weight excluding hydrogens is 695 g/mol. The predicted molar refractivity (Wildman–Crippen MR) is 202 cm³/mol. The van der Waals surface area contributed by atoms with Crippen molar-refractivity contribution < 1.29 is 27.9 Å². The molecule has 0 atom stereocenters. The zero-order valence-electron chi connectivity index (χ0n) is 29.5. The molecule has 0 saturated carbocycles. The highest BCUT2D eigenvalue weighted by atomic mass is 32.1. The number of para-hydroxylation sites is 1. The second-order valence-corrected chi connectivity index (χ2v) is 15.3. The number of Topliss-reactive ketones (excluding diaryl/α,β-unsaturated/α-hetero) is 1. The Morgan fingerprint density at radius 1 is 0.943 bits per heavy atom. The first-order chi connectivity index (χ1) is 25.6. The second kappa shape index (κ2) is 13.9. The first-order valence-electron chi connectivity index (χ1n) is 17.8. The predicted octanol–water partition coefficient (Wildman–Crippen LogP) is 8.20. The Hall–Kier alpha value is -5.26. The van der Waals surface area contributed by atoms with Crippen LogP contribution in [-0.2, 0) is 17.6 Å². The summed E-state index contributed by atoms with van der Waals surface area (Å²) in [4.78, 5) is 51.0. The number of ether oxygens (including phenoxy) is 1. The van der Waals surface area contributed by atoms with Crippen LogP contribution in [-0.4, -0.2) is 55.4 Å². The number of hydrogen-bond acceptors (Lipinski definition) is 7. The number of amides is 2. The molecule has 5 heterocycles. The molecule has 0 unspecified atom stereocenters. The third kappa shape index (κ3) is 6.53. The fraction of sp³-hybridized carbons (Fsp3) is 0.286. The van der Waals surface area contributed by atoms with Crippen LogP contribution < -0.4 is 15.1 Å². The van der Waals surface area contributed by atoms with Gasteiger partial charge < -0.3 is 19.9 Å². The zero-order chi connectivity index (χ0) is 36.9. The van der Waals surface area contributed by atoms with E-state index in [2.05, 4.69) is 15.2 Å². The lowest BCUT2D eigenvalue weighted by molar-refractivity contribution is -0.000511. The molecule has 8 rings (SSSR count). The first kappa shape index (κ1) is 34.8. The molecule has 1 spiro atoms. The minimum atomic E-state index is -0.743. The largest absolute Gasteiger partial charge is 0.381 e. The summed E-state index contributed by atoms with van der Waals surface area (Å²) in [5.41, 5.74) is 5.65. The topological polar surface area (TPSA) is 91.8 Å². The molecule has 2 saturated heterocycles. The lowest BCUT2D eigenvalue weighted by Crippen LogP contribution is -2.59. The van der Waals surface area contributed by atoms with Crippen LogP contribution in [0, 0.1) is 30.9 Å². The van der Waals surface area contributed by atoms with Crippen LogP contribution in [0.5, 0.6) is 0 Å². The number of carbonyl (C=O) groups excluding carboxylic acids is 3. The summed E-state index contributed by atoms with van der Waals surface area (Å²) in [6, 6.07) is 19.9. The van der Waals surface area contributed by atoms with E-state index in [4.69, 9.17) is 4.74 Å². The normalized spacial score (nSPS) is 16.0. The summed E-state index contributed by atoms with van der Waals surface area (Å²) in [5.74, 6) is -1.61. The van der Waals surface area contributed by atoms with Crippen molar-refractivity contribution in [1.82, 2.24) is 4.98 Å². The number of ketones is 1. The monoisotopic (exact) mass is 732 g/mol. The molecule has 270 valence electrons. The number of benzene rings is 3. The van der Waals surface area contributed by atoms with Crippen LogP contribution in [0.2, 0.25) is 0 Å². The number of halogens is 2. The quantitative estimate of drug-likeness (QED) is 0.170. The van der Waals surface area contributed by atoms with Gasteiger partial charge in [0.2, 0.25) is 0 Å². The molecular formula is C42H38F2N4O4S. The van der Waals surface area contributed by atoms with Crippen molar-refractivity contribution in [3.8, 4) is 10.4 Å². The number of nitrogens with zero attached hydrogens (tertiary/aromatic N) is 3. The second-order valence-electron chi connectivity index (χ2n) is 14.3. The molecule has 5 aromatic rings. The fourth-order valence-electron chi connectivity index (χ4n) is 7.80. The van der Waals surface area contributed by atoms with Gasteiger partial charge in [0.05, 0.1) is 16.1 Å². The summed E-state index contributed by atoms with van der Waals surface area (Å²) >= 11 is 1.30. The van der Waals surface area contributed by atoms with Gasteiger partial charge in [-0.15, -0.1) is 11.3 Å². The lowest BCUT2D eigenvalue weighted by Gasteiger charge is -2.53. The van der Waals surface area contributed by atoms with Crippen LogP contribution in [0.4, 0.5) is 26.0 Å². The third-order valence-electron chi connectivity index (χ3n) is 10.7. The van der Waals surface area contributed by atoms with Gasteiger partial charge in [0.1, 0.15) is 17.5 Å². The van der Waals surface area contributed by atoms with E-state index >= 15 is 0 Å².